The minimum absolute atomic E-state index is 0.150. The van der Waals surface area contributed by atoms with Crippen molar-refractivity contribution in [1.82, 2.24) is 10.2 Å². The normalized spacial score (nSPS) is 32.0. The molecule has 3 aliphatic rings. The predicted molar refractivity (Wildman–Crippen MR) is 80.5 cm³/mol. The lowest BCUT2D eigenvalue weighted by Gasteiger charge is -2.40. The Labute approximate surface area is 127 Å². The molecule has 120 valence electrons. The fourth-order valence-electron chi connectivity index (χ4n) is 3.72. The second kappa shape index (κ2) is 6.97. The molecule has 2 N–H and O–H groups in total. The van der Waals surface area contributed by atoms with Gasteiger partial charge in [-0.25, -0.2) is 4.79 Å². The number of hydrogen-bond acceptors (Lipinski definition) is 3. The molecule has 0 spiro atoms. The average Bonchev–Trinajstić information content (AvgIpc) is 3.30. The summed E-state index contributed by atoms with van der Waals surface area (Å²) in [6.07, 6.45) is 9.13. The van der Waals surface area contributed by atoms with Gasteiger partial charge in [-0.05, 0) is 57.3 Å². The number of piperidine rings is 1. The van der Waals surface area contributed by atoms with Gasteiger partial charge in [-0.3, -0.25) is 0 Å². The Kier molecular flexibility index (Phi) is 5.01. The van der Waals surface area contributed by atoms with Crippen LogP contribution in [0.25, 0.3) is 0 Å². The molecule has 0 unspecified atom stereocenters. The summed E-state index contributed by atoms with van der Waals surface area (Å²) in [4.78, 5) is 13.2. The zero-order valence-electron chi connectivity index (χ0n) is 12.8. The molecular formula is C16H28N2O3. The van der Waals surface area contributed by atoms with Crippen LogP contribution in [0.1, 0.15) is 51.4 Å². The summed E-state index contributed by atoms with van der Waals surface area (Å²) < 4.78 is 6.01. The van der Waals surface area contributed by atoms with E-state index in [-0.39, 0.29) is 6.04 Å². The van der Waals surface area contributed by atoms with E-state index in [0.717, 1.165) is 38.5 Å². The monoisotopic (exact) mass is 296 g/mol. The number of nitrogens with one attached hydrogen (secondary N) is 1. The molecule has 0 aromatic rings. The Bertz CT molecular complexity index is 343. The van der Waals surface area contributed by atoms with Crippen LogP contribution in [0, 0.1) is 5.92 Å². The van der Waals surface area contributed by atoms with Gasteiger partial charge >= 0.3 is 6.09 Å². The molecule has 0 bridgehead atoms. The highest BCUT2D eigenvalue weighted by atomic mass is 16.5. The van der Waals surface area contributed by atoms with Gasteiger partial charge < -0.3 is 20.1 Å². The molecule has 2 aliphatic carbocycles. The molecule has 5 nitrogen and oxygen atoms in total. The van der Waals surface area contributed by atoms with Crippen molar-refractivity contribution < 1.29 is 14.6 Å². The minimum atomic E-state index is -0.887. The summed E-state index contributed by atoms with van der Waals surface area (Å²) in [5.74, 6) is 0.864. The van der Waals surface area contributed by atoms with Crippen molar-refractivity contribution in [1.29, 1.82) is 0 Å². The summed E-state index contributed by atoms with van der Waals surface area (Å²) >= 11 is 0. The van der Waals surface area contributed by atoms with Crippen molar-refractivity contribution in [2.45, 2.75) is 69.6 Å². The maximum absolute atomic E-state index is 10.7. The Morgan fingerprint density at radius 2 is 1.71 bits per heavy atom. The molecular weight excluding hydrogens is 268 g/mol. The fraction of sp³-hybridized carbons (Fsp3) is 0.938. The largest absolute Gasteiger partial charge is 0.465 e. The zero-order valence-corrected chi connectivity index (χ0v) is 12.8. The summed E-state index contributed by atoms with van der Waals surface area (Å²) in [7, 11) is 0. The Morgan fingerprint density at radius 1 is 1.05 bits per heavy atom. The third-order valence-electron chi connectivity index (χ3n) is 5.28. The summed E-state index contributed by atoms with van der Waals surface area (Å²) in [5, 5.41) is 11.4. The second-order valence-corrected chi connectivity index (χ2v) is 6.97. The van der Waals surface area contributed by atoms with Crippen LogP contribution in [0.15, 0.2) is 0 Å². The quantitative estimate of drug-likeness (QED) is 0.818. The van der Waals surface area contributed by atoms with Crippen molar-refractivity contribution in [2.75, 3.05) is 19.7 Å². The molecule has 3 fully saturated rings. The van der Waals surface area contributed by atoms with E-state index in [2.05, 4.69) is 10.2 Å². The van der Waals surface area contributed by atoms with Crippen molar-refractivity contribution in [2.24, 2.45) is 5.92 Å². The molecule has 2 saturated carbocycles. The van der Waals surface area contributed by atoms with Crippen LogP contribution in [0.2, 0.25) is 0 Å². The molecule has 1 amide bonds. The van der Waals surface area contributed by atoms with Crippen LogP contribution in [-0.4, -0.2) is 54.0 Å². The number of rotatable bonds is 5. The van der Waals surface area contributed by atoms with Gasteiger partial charge in [-0.2, -0.15) is 0 Å². The second-order valence-electron chi connectivity index (χ2n) is 6.97. The SMILES string of the molecule is O=C(O)NC1CCN(C2CCC(OCC3CC3)CC2)CC1. The van der Waals surface area contributed by atoms with Crippen LogP contribution >= 0.6 is 0 Å². The standard InChI is InChI=1S/C16H28N2O3/c19-16(20)17-13-7-9-18(10-8-13)14-3-5-15(6-4-14)21-11-12-1-2-12/h12-15,17H,1-11H2,(H,19,20). The Balaban J connectivity index is 1.34. The van der Waals surface area contributed by atoms with Gasteiger partial charge in [-0.1, -0.05) is 0 Å². The lowest BCUT2D eigenvalue weighted by atomic mass is 9.90. The third kappa shape index (κ3) is 4.58. The molecule has 5 heteroatoms. The number of carboxylic acid groups (broad SMARTS) is 1. The minimum Gasteiger partial charge on any atom is -0.465 e. The maximum atomic E-state index is 10.7. The zero-order chi connectivity index (χ0) is 14.7. The highest BCUT2D eigenvalue weighted by molar-refractivity contribution is 5.64. The number of nitrogens with zero attached hydrogens (tertiary/aromatic N) is 1. The fourth-order valence-corrected chi connectivity index (χ4v) is 3.72. The first kappa shape index (κ1) is 15.1. The number of hydrogen-bond donors (Lipinski definition) is 2. The first-order valence-corrected chi connectivity index (χ1v) is 8.56. The lowest BCUT2D eigenvalue weighted by Crippen LogP contribution is -2.49. The van der Waals surface area contributed by atoms with Crippen molar-refractivity contribution in [3.05, 3.63) is 0 Å². The molecule has 1 aliphatic heterocycles. The summed E-state index contributed by atoms with van der Waals surface area (Å²) in [5.41, 5.74) is 0. The number of likely N-dealkylation sites (tertiary alicyclic amines) is 1. The molecule has 0 radical (unpaired) electrons. The van der Waals surface area contributed by atoms with E-state index in [1.807, 2.05) is 0 Å². The van der Waals surface area contributed by atoms with Gasteiger partial charge in [0.1, 0.15) is 0 Å². The van der Waals surface area contributed by atoms with E-state index in [1.54, 1.807) is 0 Å². The van der Waals surface area contributed by atoms with E-state index in [9.17, 15) is 4.79 Å². The van der Waals surface area contributed by atoms with Gasteiger partial charge in [0, 0.05) is 31.8 Å². The van der Waals surface area contributed by atoms with Gasteiger partial charge in [0.25, 0.3) is 0 Å². The number of ether oxygens (including phenoxy) is 1. The van der Waals surface area contributed by atoms with Gasteiger partial charge in [-0.15, -0.1) is 0 Å². The smallest absolute Gasteiger partial charge is 0.404 e. The summed E-state index contributed by atoms with van der Waals surface area (Å²) in [6, 6.07) is 0.841. The van der Waals surface area contributed by atoms with Crippen molar-refractivity contribution in [3.63, 3.8) is 0 Å². The molecule has 1 saturated heterocycles. The average molecular weight is 296 g/mol. The Hall–Kier alpha value is -0.810. The van der Waals surface area contributed by atoms with Crippen molar-refractivity contribution >= 4 is 6.09 Å². The molecule has 0 aromatic carbocycles. The lowest BCUT2D eigenvalue weighted by molar-refractivity contribution is -0.00142. The van der Waals surface area contributed by atoms with Crippen LogP contribution in [0.3, 0.4) is 0 Å². The van der Waals surface area contributed by atoms with Gasteiger partial charge in [0.2, 0.25) is 0 Å². The predicted octanol–water partition coefficient (Wildman–Crippen LogP) is 2.46. The third-order valence-corrected chi connectivity index (χ3v) is 5.28. The van der Waals surface area contributed by atoms with Gasteiger partial charge in [0.15, 0.2) is 0 Å². The first-order valence-electron chi connectivity index (χ1n) is 8.56. The molecule has 1 heterocycles. The number of carbonyl (C=O) groups is 1. The van der Waals surface area contributed by atoms with E-state index in [4.69, 9.17) is 9.84 Å². The highest BCUT2D eigenvalue weighted by Crippen LogP contribution is 2.32. The van der Waals surface area contributed by atoms with Crippen LogP contribution in [-0.2, 0) is 4.74 Å². The first-order chi connectivity index (χ1) is 10.2. The molecule has 0 aromatic heterocycles. The van der Waals surface area contributed by atoms with Crippen LogP contribution in [0.4, 0.5) is 4.79 Å². The van der Waals surface area contributed by atoms with E-state index in [0.29, 0.717) is 12.1 Å². The van der Waals surface area contributed by atoms with E-state index < -0.39 is 6.09 Å². The Morgan fingerprint density at radius 3 is 2.29 bits per heavy atom. The number of amides is 1. The van der Waals surface area contributed by atoms with Crippen LogP contribution in [0.5, 0.6) is 0 Å². The molecule has 0 atom stereocenters. The molecule has 3 rings (SSSR count). The van der Waals surface area contributed by atoms with Gasteiger partial charge in [0.05, 0.1) is 6.10 Å². The van der Waals surface area contributed by atoms with E-state index >= 15 is 0 Å². The van der Waals surface area contributed by atoms with E-state index in [1.165, 1.54) is 38.5 Å². The van der Waals surface area contributed by atoms with Crippen molar-refractivity contribution in [3.8, 4) is 0 Å². The highest BCUT2D eigenvalue weighted by Gasteiger charge is 2.30. The summed E-state index contributed by atoms with van der Waals surface area (Å²) in [6.45, 7) is 3.05. The topological polar surface area (TPSA) is 61.8 Å². The van der Waals surface area contributed by atoms with Crippen LogP contribution < -0.4 is 5.32 Å². The maximum Gasteiger partial charge on any atom is 0.404 e. The molecule has 21 heavy (non-hydrogen) atoms.